The average Bonchev–Trinajstić information content (AvgIpc) is 3.31. The van der Waals surface area contributed by atoms with Crippen LogP contribution in [0.3, 0.4) is 0 Å². The Bertz CT molecular complexity index is 983. The molecule has 0 bridgehead atoms. The molecular weight excluding hydrogens is 374 g/mol. The van der Waals surface area contributed by atoms with Gasteiger partial charge in [0, 0.05) is 13.5 Å². The van der Waals surface area contributed by atoms with Gasteiger partial charge in [0.2, 0.25) is 0 Å². The molecule has 0 spiro atoms. The fourth-order valence-corrected chi connectivity index (χ4v) is 2.92. The molecule has 0 fully saturated rings. The molecule has 1 aromatic carbocycles. The quantitative estimate of drug-likeness (QED) is 0.599. The first-order valence-electron chi connectivity index (χ1n) is 9.14. The number of rotatable bonds is 7. The highest BCUT2D eigenvalue weighted by Crippen LogP contribution is 2.20. The van der Waals surface area contributed by atoms with Gasteiger partial charge < -0.3 is 10.1 Å². The highest BCUT2D eigenvalue weighted by molar-refractivity contribution is 5.96. The summed E-state index contributed by atoms with van der Waals surface area (Å²) in [6, 6.07) is 8.66. The third-order valence-corrected chi connectivity index (χ3v) is 4.65. The van der Waals surface area contributed by atoms with Gasteiger partial charge in [-0.2, -0.15) is 5.10 Å². The predicted molar refractivity (Wildman–Crippen MR) is 104 cm³/mol. The van der Waals surface area contributed by atoms with Gasteiger partial charge in [0.15, 0.2) is 12.1 Å². The zero-order valence-electron chi connectivity index (χ0n) is 16.7. The Morgan fingerprint density at radius 1 is 1.21 bits per heavy atom. The first kappa shape index (κ1) is 20.2. The Kier molecular flexibility index (Phi) is 6.01. The lowest BCUT2D eigenvalue weighted by molar-refractivity contribution is -0.156. The summed E-state index contributed by atoms with van der Waals surface area (Å²) in [4.78, 5) is 25.4. The van der Waals surface area contributed by atoms with Crippen molar-refractivity contribution in [2.75, 3.05) is 5.32 Å². The molecule has 2 atom stereocenters. The normalized spacial score (nSPS) is 13.0. The fraction of sp³-hybridized carbons (Fsp3) is 0.368. The third kappa shape index (κ3) is 4.65. The van der Waals surface area contributed by atoms with Gasteiger partial charge >= 0.3 is 5.97 Å². The van der Waals surface area contributed by atoms with Crippen LogP contribution < -0.4 is 5.32 Å². The number of benzene rings is 1. The van der Waals surface area contributed by atoms with E-state index in [0.29, 0.717) is 17.8 Å². The van der Waals surface area contributed by atoms with Crippen LogP contribution in [-0.4, -0.2) is 48.0 Å². The van der Waals surface area contributed by atoms with E-state index in [9.17, 15) is 9.59 Å². The first-order valence-corrected chi connectivity index (χ1v) is 9.14. The van der Waals surface area contributed by atoms with Crippen LogP contribution >= 0.6 is 0 Å². The van der Waals surface area contributed by atoms with Gasteiger partial charge in [-0.25, -0.2) is 9.48 Å². The number of esters is 1. The number of carbonyl (C=O) groups excluding carboxylic acids is 2. The van der Waals surface area contributed by atoms with E-state index in [-0.39, 0.29) is 0 Å². The molecule has 0 saturated heterocycles. The molecule has 10 nitrogen and oxygen atoms in total. The number of nitrogens with one attached hydrogen (secondary N) is 1. The number of hydrogen-bond acceptors (Lipinski definition) is 7. The van der Waals surface area contributed by atoms with Gasteiger partial charge in [-0.3, -0.25) is 9.48 Å². The van der Waals surface area contributed by atoms with Gasteiger partial charge in [0.05, 0.1) is 17.1 Å². The lowest BCUT2D eigenvalue weighted by Gasteiger charge is -2.19. The van der Waals surface area contributed by atoms with Gasteiger partial charge in [-0.05, 0) is 36.8 Å². The van der Waals surface area contributed by atoms with Crippen LogP contribution in [0.2, 0.25) is 0 Å². The molecule has 1 amide bonds. The zero-order valence-corrected chi connectivity index (χ0v) is 16.7. The Balaban J connectivity index is 1.70. The van der Waals surface area contributed by atoms with E-state index in [1.807, 2.05) is 37.3 Å². The maximum atomic E-state index is 12.8. The molecule has 2 aromatic heterocycles. The number of ether oxygens (including phenoxy) is 1. The lowest BCUT2D eigenvalue weighted by Crippen LogP contribution is -2.34. The third-order valence-electron chi connectivity index (χ3n) is 4.65. The van der Waals surface area contributed by atoms with Gasteiger partial charge in [0.25, 0.3) is 5.91 Å². The topological polar surface area (TPSA) is 117 Å². The van der Waals surface area contributed by atoms with Crippen molar-refractivity contribution < 1.29 is 14.3 Å². The molecule has 3 aromatic rings. The van der Waals surface area contributed by atoms with Crippen LogP contribution in [-0.2, 0) is 27.8 Å². The molecule has 0 radical (unpaired) electrons. The summed E-state index contributed by atoms with van der Waals surface area (Å²) in [7, 11) is 1.79. The van der Waals surface area contributed by atoms with Crippen molar-refractivity contribution in [1.82, 2.24) is 30.0 Å². The summed E-state index contributed by atoms with van der Waals surface area (Å²) in [5.74, 6) is -1.03. The molecule has 2 heterocycles. The van der Waals surface area contributed by atoms with E-state index in [1.54, 1.807) is 18.7 Å². The maximum Gasteiger partial charge on any atom is 0.332 e. The highest BCUT2D eigenvalue weighted by Gasteiger charge is 2.28. The second-order valence-electron chi connectivity index (χ2n) is 6.73. The minimum atomic E-state index is -1.00. The van der Waals surface area contributed by atoms with Crippen LogP contribution in [0.1, 0.15) is 29.9 Å². The number of amides is 1. The van der Waals surface area contributed by atoms with E-state index in [4.69, 9.17) is 4.74 Å². The molecular formula is C19H23N7O3. The fourth-order valence-electron chi connectivity index (χ4n) is 2.92. The van der Waals surface area contributed by atoms with Crippen molar-refractivity contribution in [1.29, 1.82) is 0 Å². The number of anilines is 1. The summed E-state index contributed by atoms with van der Waals surface area (Å²) in [5.41, 5.74) is 3.03. The standard InChI is InChI=1S/C19H23N7O3/c1-12-17(13(2)25(4)22-12)21-18(27)14(3)29-19(28)16(26-11-20-23-24-26)10-15-8-6-5-7-9-15/h5-9,11,14,16H,10H2,1-4H3,(H,21,27)/t14-,16-/m0/s1. The Morgan fingerprint density at radius 2 is 1.93 bits per heavy atom. The predicted octanol–water partition coefficient (Wildman–Crippen LogP) is 1.38. The van der Waals surface area contributed by atoms with Crippen molar-refractivity contribution in [2.45, 2.75) is 39.3 Å². The number of hydrogen-bond donors (Lipinski definition) is 1. The van der Waals surface area contributed by atoms with E-state index in [0.717, 1.165) is 11.3 Å². The number of tetrazole rings is 1. The molecule has 1 N–H and O–H groups in total. The van der Waals surface area contributed by atoms with Crippen LogP contribution in [0.4, 0.5) is 5.69 Å². The van der Waals surface area contributed by atoms with Gasteiger partial charge in [0.1, 0.15) is 6.33 Å². The number of aromatic nitrogens is 6. The van der Waals surface area contributed by atoms with Crippen molar-refractivity contribution in [2.24, 2.45) is 7.05 Å². The van der Waals surface area contributed by atoms with E-state index < -0.39 is 24.0 Å². The summed E-state index contributed by atoms with van der Waals surface area (Å²) >= 11 is 0. The van der Waals surface area contributed by atoms with Crippen LogP contribution in [0.25, 0.3) is 0 Å². The van der Waals surface area contributed by atoms with Gasteiger partial charge in [-0.1, -0.05) is 30.3 Å². The molecule has 0 aliphatic rings. The minimum absolute atomic E-state index is 0.333. The zero-order chi connectivity index (χ0) is 21.0. The number of carbonyl (C=O) groups is 2. The van der Waals surface area contributed by atoms with E-state index in [2.05, 4.69) is 25.9 Å². The smallest absolute Gasteiger partial charge is 0.332 e. The summed E-state index contributed by atoms with van der Waals surface area (Å²) in [5, 5.41) is 18.1. The van der Waals surface area contributed by atoms with Crippen LogP contribution in [0.15, 0.2) is 36.7 Å². The van der Waals surface area contributed by atoms with Crippen LogP contribution in [0.5, 0.6) is 0 Å². The first-order chi connectivity index (χ1) is 13.9. The highest BCUT2D eigenvalue weighted by atomic mass is 16.5. The maximum absolute atomic E-state index is 12.8. The van der Waals surface area contributed by atoms with Crippen LogP contribution in [0, 0.1) is 13.8 Å². The largest absolute Gasteiger partial charge is 0.451 e. The molecule has 0 aliphatic heterocycles. The summed E-state index contributed by atoms with van der Waals surface area (Å²) < 4.78 is 8.44. The molecule has 0 unspecified atom stereocenters. The SMILES string of the molecule is Cc1nn(C)c(C)c1NC(=O)[C@H](C)OC(=O)[C@H](Cc1ccccc1)n1cnnn1. The van der Waals surface area contributed by atoms with E-state index >= 15 is 0 Å². The van der Waals surface area contributed by atoms with Crippen molar-refractivity contribution >= 4 is 17.6 Å². The summed E-state index contributed by atoms with van der Waals surface area (Å²) in [6.07, 6.45) is 0.679. The molecule has 152 valence electrons. The minimum Gasteiger partial charge on any atom is -0.451 e. The molecule has 0 aliphatic carbocycles. The second kappa shape index (κ2) is 8.63. The Labute approximate surface area is 167 Å². The summed E-state index contributed by atoms with van der Waals surface area (Å²) in [6.45, 7) is 5.17. The molecule has 0 saturated carbocycles. The average molecular weight is 397 g/mol. The van der Waals surface area contributed by atoms with E-state index in [1.165, 1.54) is 17.9 Å². The molecule has 10 heteroatoms. The van der Waals surface area contributed by atoms with Crippen molar-refractivity contribution in [3.63, 3.8) is 0 Å². The Hall–Kier alpha value is -3.56. The Morgan fingerprint density at radius 3 is 2.52 bits per heavy atom. The van der Waals surface area contributed by atoms with Gasteiger partial charge in [-0.15, -0.1) is 5.10 Å². The lowest BCUT2D eigenvalue weighted by atomic mass is 10.1. The molecule has 3 rings (SSSR count). The monoisotopic (exact) mass is 397 g/mol. The number of nitrogens with zero attached hydrogens (tertiary/aromatic N) is 6. The number of aryl methyl sites for hydroxylation is 2. The second-order valence-corrected chi connectivity index (χ2v) is 6.73. The van der Waals surface area contributed by atoms with Crippen molar-refractivity contribution in [3.05, 3.63) is 53.6 Å². The van der Waals surface area contributed by atoms with Crippen molar-refractivity contribution in [3.8, 4) is 0 Å². The molecule has 29 heavy (non-hydrogen) atoms.